The molecule has 0 aliphatic carbocycles. The molecular weight excluding hydrogens is 504 g/mol. The van der Waals surface area contributed by atoms with Crippen LogP contribution in [0, 0.1) is 0 Å². The number of benzene rings is 3. The highest BCUT2D eigenvalue weighted by molar-refractivity contribution is 5.86. The standard InChI is InChI=1S/C32H38N4O4/c1-5-23(3)27-11-7-9-13-29(27)39-21-31(37)35-33-19-25-15-17-26(18-16-25)20-34-36-32(38)22-40-30-14-10-8-12-28(30)24(4)6-2/h7-20,23-24H,5-6,21-22H2,1-4H3,(H,35,37)(H,36,38)/b33-19+,34-20+. The fourth-order valence-corrected chi connectivity index (χ4v) is 3.85. The summed E-state index contributed by atoms with van der Waals surface area (Å²) in [6, 6.07) is 22.8. The first-order chi connectivity index (χ1) is 19.4. The van der Waals surface area contributed by atoms with Gasteiger partial charge in [-0.15, -0.1) is 0 Å². The van der Waals surface area contributed by atoms with Crippen molar-refractivity contribution in [1.29, 1.82) is 0 Å². The van der Waals surface area contributed by atoms with Crippen molar-refractivity contribution in [3.63, 3.8) is 0 Å². The molecule has 2 atom stereocenters. The highest BCUT2D eigenvalue weighted by Crippen LogP contribution is 2.29. The average Bonchev–Trinajstić information content (AvgIpc) is 2.99. The number of amides is 2. The van der Waals surface area contributed by atoms with E-state index < -0.39 is 0 Å². The zero-order valence-electron chi connectivity index (χ0n) is 23.6. The monoisotopic (exact) mass is 542 g/mol. The van der Waals surface area contributed by atoms with Crippen LogP contribution in [-0.4, -0.2) is 37.5 Å². The van der Waals surface area contributed by atoms with Crippen molar-refractivity contribution in [3.05, 3.63) is 95.1 Å². The van der Waals surface area contributed by atoms with Crippen molar-refractivity contribution < 1.29 is 19.1 Å². The van der Waals surface area contributed by atoms with Crippen LogP contribution in [0.4, 0.5) is 0 Å². The molecule has 0 saturated carbocycles. The summed E-state index contributed by atoms with van der Waals surface area (Å²) >= 11 is 0. The van der Waals surface area contributed by atoms with Gasteiger partial charge in [0, 0.05) is 0 Å². The largest absolute Gasteiger partial charge is 0.483 e. The van der Waals surface area contributed by atoms with Crippen LogP contribution in [0.5, 0.6) is 11.5 Å². The van der Waals surface area contributed by atoms with Crippen LogP contribution in [-0.2, 0) is 9.59 Å². The van der Waals surface area contributed by atoms with Gasteiger partial charge in [-0.3, -0.25) is 9.59 Å². The number of nitrogens with one attached hydrogen (secondary N) is 2. The SMILES string of the molecule is CCC(C)c1ccccc1OCC(=O)N/N=C/c1ccc(/C=N/NC(=O)COc2ccccc2C(C)CC)cc1. The Bertz CT molecular complexity index is 1200. The maximum atomic E-state index is 12.2. The third-order valence-electron chi connectivity index (χ3n) is 6.58. The summed E-state index contributed by atoms with van der Waals surface area (Å²) in [5.74, 6) is 1.42. The van der Waals surface area contributed by atoms with Gasteiger partial charge in [0.1, 0.15) is 11.5 Å². The molecule has 0 spiro atoms. The predicted octanol–water partition coefficient (Wildman–Crippen LogP) is 5.77. The van der Waals surface area contributed by atoms with Gasteiger partial charge in [-0.2, -0.15) is 10.2 Å². The number of para-hydroxylation sites is 2. The third-order valence-corrected chi connectivity index (χ3v) is 6.58. The Morgan fingerprint density at radius 3 is 1.43 bits per heavy atom. The zero-order valence-corrected chi connectivity index (χ0v) is 23.6. The molecule has 2 N–H and O–H groups in total. The van der Waals surface area contributed by atoms with E-state index in [2.05, 4.69) is 48.7 Å². The smallest absolute Gasteiger partial charge is 0.277 e. The molecule has 0 aromatic heterocycles. The highest BCUT2D eigenvalue weighted by atomic mass is 16.5. The Kier molecular flexibility index (Phi) is 11.9. The summed E-state index contributed by atoms with van der Waals surface area (Å²) in [5, 5.41) is 8.00. The lowest BCUT2D eigenvalue weighted by atomic mass is 9.98. The second-order valence-electron chi connectivity index (χ2n) is 9.52. The normalized spacial score (nSPS) is 12.7. The summed E-state index contributed by atoms with van der Waals surface area (Å²) in [4.78, 5) is 24.3. The third kappa shape index (κ3) is 9.38. The van der Waals surface area contributed by atoms with Crippen molar-refractivity contribution in [2.24, 2.45) is 10.2 Å². The second kappa shape index (κ2) is 15.8. The van der Waals surface area contributed by atoms with E-state index >= 15 is 0 Å². The van der Waals surface area contributed by atoms with Gasteiger partial charge in [-0.1, -0.05) is 88.4 Å². The molecule has 0 bridgehead atoms. The van der Waals surface area contributed by atoms with Crippen LogP contribution in [0.1, 0.15) is 74.6 Å². The number of hydrogen-bond donors (Lipinski definition) is 2. The molecule has 8 nitrogen and oxygen atoms in total. The summed E-state index contributed by atoms with van der Waals surface area (Å²) in [6.07, 6.45) is 5.06. The molecule has 3 aromatic carbocycles. The van der Waals surface area contributed by atoms with Gasteiger partial charge < -0.3 is 9.47 Å². The average molecular weight is 543 g/mol. The van der Waals surface area contributed by atoms with Gasteiger partial charge >= 0.3 is 0 Å². The maximum Gasteiger partial charge on any atom is 0.277 e. The minimum atomic E-state index is -0.345. The van der Waals surface area contributed by atoms with E-state index in [9.17, 15) is 9.59 Å². The number of hydrogen-bond acceptors (Lipinski definition) is 6. The Morgan fingerprint density at radius 1 is 0.675 bits per heavy atom. The molecule has 3 rings (SSSR count). The molecule has 0 fully saturated rings. The molecule has 8 heteroatoms. The van der Waals surface area contributed by atoms with Crippen LogP contribution in [0.25, 0.3) is 0 Å². The van der Waals surface area contributed by atoms with E-state index in [1.807, 2.05) is 72.8 Å². The van der Waals surface area contributed by atoms with E-state index in [1.165, 1.54) is 0 Å². The fourth-order valence-electron chi connectivity index (χ4n) is 3.85. The Hall–Kier alpha value is -4.46. The molecule has 210 valence electrons. The highest BCUT2D eigenvalue weighted by Gasteiger charge is 2.12. The lowest BCUT2D eigenvalue weighted by molar-refractivity contribution is -0.123. The van der Waals surface area contributed by atoms with Crippen molar-refractivity contribution >= 4 is 24.2 Å². The van der Waals surface area contributed by atoms with Crippen LogP contribution in [0.2, 0.25) is 0 Å². The van der Waals surface area contributed by atoms with E-state index in [1.54, 1.807) is 12.4 Å². The minimum Gasteiger partial charge on any atom is -0.483 e. The molecule has 2 amide bonds. The maximum absolute atomic E-state index is 12.2. The molecule has 0 aliphatic heterocycles. The van der Waals surface area contributed by atoms with Gasteiger partial charge in [0.25, 0.3) is 11.8 Å². The molecule has 0 saturated heterocycles. The van der Waals surface area contributed by atoms with Gasteiger partial charge in [0.15, 0.2) is 13.2 Å². The summed E-state index contributed by atoms with van der Waals surface area (Å²) in [7, 11) is 0. The molecule has 0 heterocycles. The predicted molar refractivity (Wildman–Crippen MR) is 159 cm³/mol. The quantitative estimate of drug-likeness (QED) is 0.199. The first-order valence-electron chi connectivity index (χ1n) is 13.6. The topological polar surface area (TPSA) is 101 Å². The Labute approximate surface area is 236 Å². The van der Waals surface area contributed by atoms with Gasteiger partial charge in [-0.25, -0.2) is 10.9 Å². The van der Waals surface area contributed by atoms with E-state index in [0.717, 1.165) is 35.1 Å². The van der Waals surface area contributed by atoms with Crippen LogP contribution >= 0.6 is 0 Å². The van der Waals surface area contributed by atoms with E-state index in [0.29, 0.717) is 23.3 Å². The van der Waals surface area contributed by atoms with Crippen molar-refractivity contribution in [3.8, 4) is 11.5 Å². The molecule has 40 heavy (non-hydrogen) atoms. The zero-order chi connectivity index (χ0) is 28.7. The van der Waals surface area contributed by atoms with Gasteiger partial charge in [0.2, 0.25) is 0 Å². The number of ether oxygens (including phenoxy) is 2. The fraction of sp³-hybridized carbons (Fsp3) is 0.312. The van der Waals surface area contributed by atoms with E-state index in [-0.39, 0.29) is 25.0 Å². The number of carbonyl (C=O) groups excluding carboxylic acids is 2. The second-order valence-corrected chi connectivity index (χ2v) is 9.52. The molecule has 0 radical (unpaired) electrons. The van der Waals surface area contributed by atoms with Crippen LogP contribution < -0.4 is 20.3 Å². The first-order valence-corrected chi connectivity index (χ1v) is 13.6. The van der Waals surface area contributed by atoms with Crippen LogP contribution in [0.15, 0.2) is 83.0 Å². The van der Waals surface area contributed by atoms with Crippen molar-refractivity contribution in [1.82, 2.24) is 10.9 Å². The summed E-state index contributed by atoms with van der Waals surface area (Å²) in [5.41, 5.74) is 8.71. The van der Waals surface area contributed by atoms with Crippen molar-refractivity contribution in [2.75, 3.05) is 13.2 Å². The number of nitrogens with zero attached hydrogens (tertiary/aromatic N) is 2. The van der Waals surface area contributed by atoms with Crippen molar-refractivity contribution in [2.45, 2.75) is 52.4 Å². The van der Waals surface area contributed by atoms with Crippen LogP contribution in [0.3, 0.4) is 0 Å². The number of carbonyl (C=O) groups is 2. The number of rotatable bonds is 14. The molecule has 2 unspecified atom stereocenters. The Balaban J connectivity index is 1.41. The first kappa shape index (κ1) is 30.1. The lowest BCUT2D eigenvalue weighted by Crippen LogP contribution is -2.25. The molecule has 3 aromatic rings. The summed E-state index contributed by atoms with van der Waals surface area (Å²) < 4.78 is 11.4. The van der Waals surface area contributed by atoms with E-state index in [4.69, 9.17) is 9.47 Å². The Morgan fingerprint density at radius 2 is 1.05 bits per heavy atom. The lowest BCUT2D eigenvalue weighted by Gasteiger charge is -2.15. The molecule has 0 aliphatic rings. The van der Waals surface area contributed by atoms with Gasteiger partial charge in [-0.05, 0) is 59.1 Å². The van der Waals surface area contributed by atoms with Gasteiger partial charge in [0.05, 0.1) is 12.4 Å². The number of hydrazone groups is 2. The minimum absolute atomic E-state index is 0.124. The molecular formula is C32H38N4O4. The summed E-state index contributed by atoms with van der Waals surface area (Å²) in [6.45, 7) is 8.25.